The van der Waals surface area contributed by atoms with E-state index in [9.17, 15) is 9.59 Å². The Morgan fingerprint density at radius 2 is 1.82 bits per heavy atom. The molecule has 1 fully saturated rings. The number of rotatable bonds is 2. The van der Waals surface area contributed by atoms with Crippen LogP contribution in [0, 0.1) is 11.8 Å². The van der Waals surface area contributed by atoms with E-state index >= 15 is 0 Å². The van der Waals surface area contributed by atoms with E-state index in [0.29, 0.717) is 0 Å². The van der Waals surface area contributed by atoms with Crippen LogP contribution in [-0.2, 0) is 9.59 Å². The molecule has 1 rings (SSSR count). The minimum Gasteiger partial charge on any atom is -0.349 e. The Kier molecular flexibility index (Phi) is 1.98. The second-order valence-corrected chi connectivity index (χ2v) is 3.29. The smallest absolute Gasteiger partial charge is 0.225 e. The van der Waals surface area contributed by atoms with Gasteiger partial charge >= 0.3 is 0 Å². The highest BCUT2D eigenvalue weighted by Gasteiger charge is 2.46. The molecule has 3 heteroatoms. The van der Waals surface area contributed by atoms with Gasteiger partial charge in [0, 0.05) is 25.9 Å². The van der Waals surface area contributed by atoms with E-state index < -0.39 is 0 Å². The Bertz CT molecular complexity index is 198. The van der Waals surface area contributed by atoms with Crippen molar-refractivity contribution in [2.24, 2.45) is 11.8 Å². The van der Waals surface area contributed by atoms with E-state index in [1.807, 2.05) is 0 Å². The normalized spacial score (nSPS) is 27.9. The van der Waals surface area contributed by atoms with Crippen LogP contribution in [0.1, 0.15) is 13.3 Å². The summed E-state index contributed by atoms with van der Waals surface area (Å²) in [5, 5.41) is 0. The summed E-state index contributed by atoms with van der Waals surface area (Å²) >= 11 is 0. The molecule has 0 bridgehead atoms. The maximum absolute atomic E-state index is 11.2. The standard InChI is InChI=1S/C8H13NO2/c1-5(10)6-4-7(6)8(11)9(2)3/h6-7H,4H2,1-3H3/t6-,7-/m1/s1. The lowest BCUT2D eigenvalue weighted by atomic mass is 10.2. The quantitative estimate of drug-likeness (QED) is 0.575. The number of hydrogen-bond acceptors (Lipinski definition) is 2. The van der Waals surface area contributed by atoms with Gasteiger partial charge in [0.2, 0.25) is 5.91 Å². The number of carbonyl (C=O) groups excluding carboxylic acids is 2. The van der Waals surface area contributed by atoms with Gasteiger partial charge in [-0.15, -0.1) is 0 Å². The number of ketones is 1. The van der Waals surface area contributed by atoms with Crippen LogP contribution in [0.15, 0.2) is 0 Å². The minimum atomic E-state index is -0.0116. The highest BCUT2D eigenvalue weighted by atomic mass is 16.2. The molecule has 0 aromatic rings. The van der Waals surface area contributed by atoms with Crippen molar-refractivity contribution in [1.82, 2.24) is 4.90 Å². The van der Waals surface area contributed by atoms with E-state index in [4.69, 9.17) is 0 Å². The zero-order valence-electron chi connectivity index (χ0n) is 7.13. The first-order valence-electron chi connectivity index (χ1n) is 3.75. The highest BCUT2D eigenvalue weighted by Crippen LogP contribution is 2.40. The molecule has 0 unspecified atom stereocenters. The fraction of sp³-hybridized carbons (Fsp3) is 0.750. The molecule has 0 aliphatic heterocycles. The third-order valence-electron chi connectivity index (χ3n) is 2.07. The number of Topliss-reactive ketones (excluding diaryl/α,β-unsaturated/α-hetero) is 1. The summed E-state index contributed by atoms with van der Waals surface area (Å²) in [6.07, 6.45) is 0.756. The maximum Gasteiger partial charge on any atom is 0.225 e. The van der Waals surface area contributed by atoms with Crippen LogP contribution < -0.4 is 0 Å². The first-order chi connectivity index (χ1) is 5.04. The lowest BCUT2D eigenvalue weighted by molar-refractivity contribution is -0.131. The van der Waals surface area contributed by atoms with E-state index in [2.05, 4.69) is 0 Å². The Morgan fingerprint density at radius 1 is 1.27 bits per heavy atom. The van der Waals surface area contributed by atoms with Gasteiger partial charge in [-0.05, 0) is 13.3 Å². The van der Waals surface area contributed by atoms with Crippen LogP contribution >= 0.6 is 0 Å². The second-order valence-electron chi connectivity index (χ2n) is 3.29. The molecule has 1 saturated carbocycles. The first-order valence-corrected chi connectivity index (χ1v) is 3.75. The van der Waals surface area contributed by atoms with Gasteiger partial charge in [0.05, 0.1) is 0 Å². The fourth-order valence-electron chi connectivity index (χ4n) is 1.25. The molecular weight excluding hydrogens is 142 g/mol. The van der Waals surface area contributed by atoms with Gasteiger partial charge in [0.1, 0.15) is 5.78 Å². The van der Waals surface area contributed by atoms with E-state index in [-0.39, 0.29) is 23.5 Å². The van der Waals surface area contributed by atoms with Crippen LogP contribution in [-0.4, -0.2) is 30.7 Å². The summed E-state index contributed by atoms with van der Waals surface area (Å²) < 4.78 is 0. The SMILES string of the molecule is CC(=O)[C@H]1C[C@H]1C(=O)N(C)C. The zero-order chi connectivity index (χ0) is 8.59. The van der Waals surface area contributed by atoms with Gasteiger partial charge in [-0.3, -0.25) is 9.59 Å². The molecular formula is C8H13NO2. The Balaban J connectivity index is 2.44. The summed E-state index contributed by atoms with van der Waals surface area (Å²) in [4.78, 5) is 23.5. The van der Waals surface area contributed by atoms with Crippen molar-refractivity contribution in [3.63, 3.8) is 0 Å². The Morgan fingerprint density at radius 3 is 2.09 bits per heavy atom. The maximum atomic E-state index is 11.2. The van der Waals surface area contributed by atoms with Gasteiger partial charge in [0.15, 0.2) is 0 Å². The number of carbonyl (C=O) groups is 2. The summed E-state index contributed by atoms with van der Waals surface area (Å²) in [7, 11) is 3.44. The summed E-state index contributed by atoms with van der Waals surface area (Å²) in [6, 6.07) is 0. The lowest BCUT2D eigenvalue weighted by Crippen LogP contribution is -2.24. The van der Waals surface area contributed by atoms with Crippen LogP contribution in [0.5, 0.6) is 0 Å². The summed E-state index contributed by atoms with van der Waals surface area (Å²) in [6.45, 7) is 1.55. The molecule has 1 aliphatic carbocycles. The van der Waals surface area contributed by atoms with Gasteiger partial charge in [-0.1, -0.05) is 0 Å². The molecule has 0 aromatic carbocycles. The van der Waals surface area contributed by atoms with Gasteiger partial charge in [-0.25, -0.2) is 0 Å². The van der Waals surface area contributed by atoms with Crippen molar-refractivity contribution in [3.05, 3.63) is 0 Å². The van der Waals surface area contributed by atoms with E-state index in [1.165, 1.54) is 0 Å². The Hall–Kier alpha value is -0.860. The first kappa shape index (κ1) is 8.24. The molecule has 0 spiro atoms. The van der Waals surface area contributed by atoms with E-state index in [0.717, 1.165) is 6.42 Å². The van der Waals surface area contributed by atoms with Crippen molar-refractivity contribution in [2.75, 3.05) is 14.1 Å². The molecule has 2 atom stereocenters. The summed E-state index contributed by atoms with van der Waals surface area (Å²) in [5.74, 6) is 0.239. The molecule has 0 aromatic heterocycles. The predicted octanol–water partition coefficient (Wildman–Crippen LogP) is 0.300. The molecule has 1 amide bonds. The molecule has 0 heterocycles. The molecule has 11 heavy (non-hydrogen) atoms. The molecule has 1 aliphatic rings. The number of hydrogen-bond donors (Lipinski definition) is 0. The molecule has 62 valence electrons. The number of nitrogens with zero attached hydrogens (tertiary/aromatic N) is 1. The van der Waals surface area contributed by atoms with Gasteiger partial charge in [0.25, 0.3) is 0 Å². The molecule has 3 nitrogen and oxygen atoms in total. The molecule has 0 N–H and O–H groups in total. The third kappa shape index (κ3) is 1.59. The van der Waals surface area contributed by atoms with E-state index in [1.54, 1.807) is 25.9 Å². The molecule has 0 radical (unpaired) electrons. The van der Waals surface area contributed by atoms with Crippen LogP contribution in [0.4, 0.5) is 0 Å². The highest BCUT2D eigenvalue weighted by molar-refractivity contribution is 5.92. The average molecular weight is 155 g/mol. The average Bonchev–Trinajstić information content (AvgIpc) is 2.63. The van der Waals surface area contributed by atoms with Crippen LogP contribution in [0.25, 0.3) is 0 Å². The van der Waals surface area contributed by atoms with Crippen molar-refractivity contribution < 1.29 is 9.59 Å². The van der Waals surface area contributed by atoms with Crippen molar-refractivity contribution >= 4 is 11.7 Å². The van der Waals surface area contributed by atoms with Crippen LogP contribution in [0.3, 0.4) is 0 Å². The monoisotopic (exact) mass is 155 g/mol. The molecule has 0 saturated heterocycles. The Labute approximate surface area is 66.4 Å². The lowest BCUT2D eigenvalue weighted by Gasteiger charge is -2.08. The number of amides is 1. The van der Waals surface area contributed by atoms with Crippen molar-refractivity contribution in [1.29, 1.82) is 0 Å². The second kappa shape index (κ2) is 2.64. The fourth-order valence-corrected chi connectivity index (χ4v) is 1.25. The minimum absolute atomic E-state index is 0.0116. The third-order valence-corrected chi connectivity index (χ3v) is 2.07. The zero-order valence-corrected chi connectivity index (χ0v) is 7.13. The van der Waals surface area contributed by atoms with Gasteiger partial charge < -0.3 is 4.90 Å². The van der Waals surface area contributed by atoms with Crippen molar-refractivity contribution in [3.8, 4) is 0 Å². The van der Waals surface area contributed by atoms with Gasteiger partial charge in [-0.2, -0.15) is 0 Å². The topological polar surface area (TPSA) is 37.4 Å². The van der Waals surface area contributed by atoms with Crippen molar-refractivity contribution in [2.45, 2.75) is 13.3 Å². The van der Waals surface area contributed by atoms with Crippen LogP contribution in [0.2, 0.25) is 0 Å². The largest absolute Gasteiger partial charge is 0.349 e. The predicted molar refractivity (Wildman–Crippen MR) is 41.0 cm³/mol. The summed E-state index contributed by atoms with van der Waals surface area (Å²) in [5.41, 5.74) is 0.